The summed E-state index contributed by atoms with van der Waals surface area (Å²) in [6, 6.07) is 0. The van der Waals surface area contributed by atoms with Gasteiger partial charge in [0.25, 0.3) is 0 Å². The Morgan fingerprint density at radius 2 is 2.17 bits per heavy atom. The van der Waals surface area contributed by atoms with Crippen molar-refractivity contribution < 1.29 is 9.53 Å². The van der Waals surface area contributed by atoms with Gasteiger partial charge in [-0.25, -0.2) is 4.98 Å². The maximum Gasteiger partial charge on any atom is 0.225 e. The minimum Gasteiger partial charge on any atom is -0.378 e. The lowest BCUT2D eigenvalue weighted by Crippen LogP contribution is -2.37. The average Bonchev–Trinajstić information content (AvgIpc) is 2.92. The van der Waals surface area contributed by atoms with Crippen LogP contribution < -0.4 is 4.90 Å². The van der Waals surface area contributed by atoms with Crippen molar-refractivity contribution in [1.29, 1.82) is 0 Å². The summed E-state index contributed by atoms with van der Waals surface area (Å²) in [6.07, 6.45) is 5.86. The lowest BCUT2D eigenvalue weighted by molar-refractivity contribution is -0.134. The molecule has 2 saturated heterocycles. The first kappa shape index (κ1) is 16.6. The van der Waals surface area contributed by atoms with E-state index in [1.807, 2.05) is 4.90 Å². The number of hydrogen-bond donors (Lipinski definition) is 0. The molecule has 1 amide bonds. The third-order valence-corrected chi connectivity index (χ3v) is 5.38. The SMILES string of the molecule is CCc1nsc(N2CCCN(C(=O)CC3CCCCO3)CC2)n1. The second kappa shape index (κ2) is 8.06. The second-order valence-electron chi connectivity index (χ2n) is 6.26. The number of rotatable bonds is 4. The van der Waals surface area contributed by atoms with E-state index in [0.29, 0.717) is 6.42 Å². The van der Waals surface area contributed by atoms with Gasteiger partial charge in [-0.05, 0) is 25.7 Å². The third-order valence-electron chi connectivity index (χ3n) is 4.57. The zero-order chi connectivity index (χ0) is 16.1. The number of carbonyl (C=O) groups excluding carboxylic acids is 1. The molecular weight excluding hydrogens is 312 g/mol. The first-order chi connectivity index (χ1) is 11.3. The van der Waals surface area contributed by atoms with Crippen LogP contribution in [0.15, 0.2) is 0 Å². The van der Waals surface area contributed by atoms with Gasteiger partial charge in [0, 0.05) is 50.7 Å². The molecule has 0 N–H and O–H groups in total. The molecule has 3 rings (SSSR count). The molecule has 1 aromatic rings. The van der Waals surface area contributed by atoms with E-state index in [2.05, 4.69) is 21.2 Å². The highest BCUT2D eigenvalue weighted by molar-refractivity contribution is 7.09. The average molecular weight is 338 g/mol. The molecule has 6 nitrogen and oxygen atoms in total. The van der Waals surface area contributed by atoms with Gasteiger partial charge in [-0.2, -0.15) is 4.37 Å². The van der Waals surface area contributed by atoms with Gasteiger partial charge in [-0.3, -0.25) is 4.79 Å². The molecule has 1 atom stereocenters. The van der Waals surface area contributed by atoms with Crippen LogP contribution in [-0.4, -0.2) is 59.1 Å². The van der Waals surface area contributed by atoms with Crippen molar-refractivity contribution in [3.05, 3.63) is 5.82 Å². The molecule has 2 aliphatic heterocycles. The number of carbonyl (C=O) groups is 1. The van der Waals surface area contributed by atoms with E-state index in [0.717, 1.165) is 69.4 Å². The van der Waals surface area contributed by atoms with E-state index in [1.165, 1.54) is 18.0 Å². The number of amides is 1. The van der Waals surface area contributed by atoms with Gasteiger partial charge < -0.3 is 14.5 Å². The Kier molecular flexibility index (Phi) is 5.83. The Hall–Kier alpha value is -1.21. The fourth-order valence-electron chi connectivity index (χ4n) is 3.17. The summed E-state index contributed by atoms with van der Waals surface area (Å²) in [4.78, 5) is 21.3. The predicted octanol–water partition coefficient (Wildman–Crippen LogP) is 2.10. The maximum atomic E-state index is 12.5. The van der Waals surface area contributed by atoms with Crippen LogP contribution in [0.3, 0.4) is 0 Å². The van der Waals surface area contributed by atoms with Crippen LogP contribution in [0.4, 0.5) is 5.13 Å². The van der Waals surface area contributed by atoms with Crippen molar-refractivity contribution >= 4 is 22.6 Å². The zero-order valence-corrected chi connectivity index (χ0v) is 14.7. The summed E-state index contributed by atoms with van der Waals surface area (Å²) in [5.74, 6) is 1.15. The maximum absolute atomic E-state index is 12.5. The molecule has 0 aromatic carbocycles. The number of hydrogen-bond acceptors (Lipinski definition) is 6. The van der Waals surface area contributed by atoms with Crippen molar-refractivity contribution in [1.82, 2.24) is 14.3 Å². The molecule has 0 bridgehead atoms. The fourth-order valence-corrected chi connectivity index (χ4v) is 3.97. The molecule has 1 unspecified atom stereocenters. The Morgan fingerprint density at radius 3 is 2.91 bits per heavy atom. The highest BCUT2D eigenvalue weighted by Crippen LogP contribution is 2.21. The largest absolute Gasteiger partial charge is 0.378 e. The highest BCUT2D eigenvalue weighted by Gasteiger charge is 2.24. The van der Waals surface area contributed by atoms with Crippen molar-refractivity contribution in [2.24, 2.45) is 0 Å². The predicted molar refractivity (Wildman–Crippen MR) is 90.9 cm³/mol. The Bertz CT molecular complexity index is 516. The van der Waals surface area contributed by atoms with Crippen LogP contribution in [0.25, 0.3) is 0 Å². The molecule has 0 saturated carbocycles. The number of aromatic nitrogens is 2. The van der Waals surface area contributed by atoms with Crippen molar-refractivity contribution in [3.8, 4) is 0 Å². The van der Waals surface area contributed by atoms with Crippen LogP contribution in [-0.2, 0) is 16.0 Å². The van der Waals surface area contributed by atoms with E-state index in [4.69, 9.17) is 4.74 Å². The summed E-state index contributed by atoms with van der Waals surface area (Å²) in [6.45, 7) is 6.27. The van der Waals surface area contributed by atoms with Gasteiger partial charge in [0.15, 0.2) is 0 Å². The number of nitrogens with zero attached hydrogens (tertiary/aromatic N) is 4. The Morgan fingerprint density at radius 1 is 1.26 bits per heavy atom. The molecule has 23 heavy (non-hydrogen) atoms. The quantitative estimate of drug-likeness (QED) is 0.841. The summed E-state index contributed by atoms with van der Waals surface area (Å²) in [5, 5.41) is 0.992. The lowest BCUT2D eigenvalue weighted by atomic mass is 10.1. The standard InChI is InChI=1S/C16H26N4O2S/c1-2-14-17-16(23-18-14)20-8-5-7-19(9-10-20)15(21)12-13-6-3-4-11-22-13/h13H,2-12H2,1H3. The van der Waals surface area contributed by atoms with E-state index in [1.54, 1.807) is 0 Å². The molecule has 2 fully saturated rings. The van der Waals surface area contributed by atoms with Gasteiger partial charge in [0.2, 0.25) is 11.0 Å². The van der Waals surface area contributed by atoms with E-state index < -0.39 is 0 Å². The fraction of sp³-hybridized carbons (Fsp3) is 0.812. The first-order valence-electron chi connectivity index (χ1n) is 8.73. The molecule has 3 heterocycles. The minimum atomic E-state index is 0.130. The van der Waals surface area contributed by atoms with Crippen LogP contribution in [0.2, 0.25) is 0 Å². The smallest absolute Gasteiger partial charge is 0.225 e. The van der Waals surface area contributed by atoms with E-state index in [9.17, 15) is 4.79 Å². The van der Waals surface area contributed by atoms with Gasteiger partial charge in [-0.15, -0.1) is 0 Å². The normalized spacial score (nSPS) is 22.9. The van der Waals surface area contributed by atoms with Crippen LogP contribution in [0, 0.1) is 0 Å². The zero-order valence-electron chi connectivity index (χ0n) is 13.9. The van der Waals surface area contributed by atoms with E-state index in [-0.39, 0.29) is 12.0 Å². The third kappa shape index (κ3) is 4.41. The molecule has 0 radical (unpaired) electrons. The van der Waals surface area contributed by atoms with E-state index >= 15 is 0 Å². The minimum absolute atomic E-state index is 0.130. The lowest BCUT2D eigenvalue weighted by Gasteiger charge is -2.26. The summed E-state index contributed by atoms with van der Waals surface area (Å²) in [7, 11) is 0. The second-order valence-corrected chi connectivity index (χ2v) is 6.99. The molecule has 7 heteroatoms. The van der Waals surface area contributed by atoms with Gasteiger partial charge in [0.1, 0.15) is 5.82 Å². The van der Waals surface area contributed by atoms with Gasteiger partial charge in [-0.1, -0.05) is 6.92 Å². The molecule has 128 valence electrons. The number of anilines is 1. The van der Waals surface area contributed by atoms with Crippen molar-refractivity contribution in [3.63, 3.8) is 0 Å². The molecule has 1 aromatic heterocycles. The van der Waals surface area contributed by atoms with Crippen molar-refractivity contribution in [2.45, 2.75) is 51.6 Å². The topological polar surface area (TPSA) is 58.6 Å². The summed E-state index contributed by atoms with van der Waals surface area (Å²) < 4.78 is 10.1. The molecule has 0 spiro atoms. The molecular formula is C16H26N4O2S. The van der Waals surface area contributed by atoms with Crippen molar-refractivity contribution in [2.75, 3.05) is 37.7 Å². The molecule has 0 aliphatic carbocycles. The highest BCUT2D eigenvalue weighted by atomic mass is 32.1. The van der Waals surface area contributed by atoms with Crippen LogP contribution >= 0.6 is 11.5 Å². The van der Waals surface area contributed by atoms with Crippen LogP contribution in [0.1, 0.15) is 44.9 Å². The number of ether oxygens (including phenoxy) is 1. The van der Waals surface area contributed by atoms with Crippen LogP contribution in [0.5, 0.6) is 0 Å². The Balaban J connectivity index is 1.52. The van der Waals surface area contributed by atoms with Gasteiger partial charge >= 0.3 is 0 Å². The Labute approximate surface area is 142 Å². The monoisotopic (exact) mass is 338 g/mol. The number of aryl methyl sites for hydroxylation is 1. The van der Waals surface area contributed by atoms with Gasteiger partial charge in [0.05, 0.1) is 12.5 Å². The molecule has 2 aliphatic rings. The summed E-state index contributed by atoms with van der Waals surface area (Å²) >= 11 is 1.47. The first-order valence-corrected chi connectivity index (χ1v) is 9.50. The summed E-state index contributed by atoms with van der Waals surface area (Å²) in [5.41, 5.74) is 0.